The molecule has 31 heavy (non-hydrogen) atoms. The highest BCUT2D eigenvalue weighted by Gasteiger charge is 2.37. The lowest BCUT2D eigenvalue weighted by Crippen LogP contribution is -2.45. The molecule has 12 heteroatoms. The van der Waals surface area contributed by atoms with Crippen LogP contribution in [-0.2, 0) is 24.3 Å². The summed E-state index contributed by atoms with van der Waals surface area (Å²) in [6.07, 6.45) is -0.242. The molecule has 1 aromatic heterocycles. The Balaban J connectivity index is 1.63. The molecule has 0 saturated carbocycles. The number of hydrogen-bond donors (Lipinski definition) is 2. The average molecular weight is 500 g/mol. The second-order valence-electron chi connectivity index (χ2n) is 7.53. The maximum absolute atomic E-state index is 14.1. The molecule has 0 spiro atoms. The van der Waals surface area contributed by atoms with Crippen LogP contribution in [0.5, 0.6) is 0 Å². The van der Waals surface area contributed by atoms with Crippen molar-refractivity contribution in [3.63, 3.8) is 0 Å². The Kier molecular flexibility index (Phi) is 5.71. The van der Waals surface area contributed by atoms with E-state index in [0.717, 1.165) is 11.1 Å². The number of aliphatic hydroxyl groups excluding tert-OH is 1. The van der Waals surface area contributed by atoms with Crippen molar-refractivity contribution in [2.75, 3.05) is 19.0 Å². The van der Waals surface area contributed by atoms with Gasteiger partial charge in [0.05, 0.1) is 35.6 Å². The van der Waals surface area contributed by atoms with Gasteiger partial charge in [0, 0.05) is 31.1 Å². The van der Waals surface area contributed by atoms with E-state index in [1.54, 1.807) is 0 Å². The largest absolute Gasteiger partial charge is 0.393 e. The number of hydroxylamine groups is 2. The van der Waals surface area contributed by atoms with Crippen LogP contribution in [0.2, 0.25) is 0 Å². The van der Waals surface area contributed by atoms with E-state index in [4.69, 9.17) is 4.84 Å². The maximum Gasteiger partial charge on any atom is 0.322 e. The first-order valence-electron chi connectivity index (χ1n) is 9.56. The summed E-state index contributed by atoms with van der Waals surface area (Å²) in [5.74, 6) is -2.11. The van der Waals surface area contributed by atoms with E-state index in [9.17, 15) is 23.5 Å². The third-order valence-electron chi connectivity index (χ3n) is 5.37. The zero-order valence-electron chi connectivity index (χ0n) is 16.7. The first-order valence-corrected chi connectivity index (χ1v) is 10.3. The molecular weight excluding hydrogens is 480 g/mol. The van der Waals surface area contributed by atoms with Crippen LogP contribution < -0.4 is 5.32 Å². The quantitative estimate of drug-likeness (QED) is 0.617. The summed E-state index contributed by atoms with van der Waals surface area (Å²) in [7, 11) is 1.45. The van der Waals surface area contributed by atoms with Crippen molar-refractivity contribution >= 4 is 33.6 Å². The van der Waals surface area contributed by atoms with E-state index in [1.165, 1.54) is 16.6 Å². The molecule has 9 nitrogen and oxygen atoms in total. The maximum atomic E-state index is 14.1. The highest BCUT2D eigenvalue weighted by molar-refractivity contribution is 9.10. The van der Waals surface area contributed by atoms with Gasteiger partial charge in [0.15, 0.2) is 0 Å². The molecule has 0 fully saturated rings. The van der Waals surface area contributed by atoms with Crippen molar-refractivity contribution < 1.29 is 28.3 Å². The van der Waals surface area contributed by atoms with Crippen molar-refractivity contribution in [1.82, 2.24) is 19.7 Å². The van der Waals surface area contributed by atoms with E-state index in [1.807, 2.05) is 6.92 Å². The van der Waals surface area contributed by atoms with Crippen LogP contribution in [0.4, 0.5) is 19.3 Å². The number of carbonyl (C=O) groups excluding carboxylic acids is 2. The monoisotopic (exact) mass is 499 g/mol. The number of amides is 3. The predicted octanol–water partition coefficient (Wildman–Crippen LogP) is 2.28. The number of carbonyl (C=O) groups is 2. The second-order valence-corrected chi connectivity index (χ2v) is 8.38. The Bertz CT molecular complexity index is 1060. The first-order chi connectivity index (χ1) is 14.7. The summed E-state index contributed by atoms with van der Waals surface area (Å²) < 4.78 is 29.1. The normalized spacial score (nSPS) is 20.9. The average Bonchev–Trinajstić information content (AvgIpc) is 3.00. The predicted molar refractivity (Wildman–Crippen MR) is 108 cm³/mol. The molecule has 2 atom stereocenters. The Hall–Kier alpha value is -2.57. The van der Waals surface area contributed by atoms with Crippen molar-refractivity contribution in [1.29, 1.82) is 0 Å². The number of nitrogens with zero attached hydrogens (tertiary/aromatic N) is 4. The second kappa shape index (κ2) is 8.17. The number of fused-ring (bicyclic) bond motifs is 3. The molecule has 3 heterocycles. The molecule has 0 bridgehead atoms. The molecule has 1 aromatic carbocycles. The van der Waals surface area contributed by atoms with Crippen LogP contribution in [-0.4, -0.2) is 62.6 Å². The minimum Gasteiger partial charge on any atom is -0.393 e. The summed E-state index contributed by atoms with van der Waals surface area (Å²) in [5, 5.41) is 17.5. The lowest BCUT2D eigenvalue weighted by atomic mass is 9.99. The Morgan fingerprint density at radius 2 is 2.13 bits per heavy atom. The van der Waals surface area contributed by atoms with E-state index in [-0.39, 0.29) is 41.6 Å². The SMILES string of the molecule is CC1Cc2nn3c(c2CN1C(=O)Nc1cc(Br)c(F)cc1F)C(=O)N(C)OC(CO)C3. The molecule has 0 radical (unpaired) electrons. The fraction of sp³-hybridized carbons (Fsp3) is 0.421. The van der Waals surface area contributed by atoms with Gasteiger partial charge in [-0.25, -0.2) is 18.6 Å². The minimum atomic E-state index is -0.900. The zero-order valence-corrected chi connectivity index (χ0v) is 18.3. The highest BCUT2D eigenvalue weighted by atomic mass is 79.9. The lowest BCUT2D eigenvalue weighted by Gasteiger charge is -2.33. The number of aliphatic hydroxyl groups is 1. The summed E-state index contributed by atoms with van der Waals surface area (Å²) in [5.41, 5.74) is 1.38. The molecule has 4 rings (SSSR count). The third-order valence-corrected chi connectivity index (χ3v) is 5.98. The fourth-order valence-corrected chi connectivity index (χ4v) is 4.13. The van der Waals surface area contributed by atoms with Crippen LogP contribution in [0.15, 0.2) is 16.6 Å². The third kappa shape index (κ3) is 3.90. The Morgan fingerprint density at radius 3 is 2.84 bits per heavy atom. The van der Waals surface area contributed by atoms with Gasteiger partial charge in [-0.15, -0.1) is 0 Å². The number of rotatable bonds is 2. The van der Waals surface area contributed by atoms with Crippen LogP contribution in [0.3, 0.4) is 0 Å². The van der Waals surface area contributed by atoms with E-state index < -0.39 is 29.7 Å². The summed E-state index contributed by atoms with van der Waals surface area (Å²) >= 11 is 2.98. The van der Waals surface area contributed by atoms with Gasteiger partial charge in [-0.05, 0) is 28.9 Å². The summed E-state index contributed by atoms with van der Waals surface area (Å²) in [6, 6.07) is 0.964. The summed E-state index contributed by atoms with van der Waals surface area (Å²) in [6.45, 7) is 1.79. The molecule has 0 aliphatic carbocycles. The van der Waals surface area contributed by atoms with Gasteiger partial charge in [0.25, 0.3) is 5.91 Å². The number of nitrogens with one attached hydrogen (secondary N) is 1. The van der Waals surface area contributed by atoms with Gasteiger partial charge in [-0.2, -0.15) is 5.10 Å². The standard InChI is InChI=1S/C19H20BrF2N5O4/c1-9-3-15-11(17-18(29)25(2)31-10(8-28)6-27(17)24-15)7-26(9)19(30)23-16-4-12(20)13(21)5-14(16)22/h4-5,9-10,28H,3,6-8H2,1-2H3,(H,23,30). The first kappa shape index (κ1) is 21.7. The molecule has 2 unspecified atom stereocenters. The van der Waals surface area contributed by atoms with Gasteiger partial charge >= 0.3 is 6.03 Å². The van der Waals surface area contributed by atoms with E-state index in [0.29, 0.717) is 23.7 Å². The molecule has 2 aromatic rings. The Labute approximate surface area is 184 Å². The summed E-state index contributed by atoms with van der Waals surface area (Å²) in [4.78, 5) is 32.6. The smallest absolute Gasteiger partial charge is 0.322 e. The van der Waals surface area contributed by atoms with Gasteiger partial charge in [-0.3, -0.25) is 14.3 Å². The number of urea groups is 1. The number of halogens is 3. The fourth-order valence-electron chi connectivity index (χ4n) is 3.78. The van der Waals surface area contributed by atoms with E-state index in [2.05, 4.69) is 26.3 Å². The van der Waals surface area contributed by atoms with Gasteiger partial charge in [0.1, 0.15) is 23.4 Å². The van der Waals surface area contributed by atoms with Crippen molar-refractivity contribution in [2.24, 2.45) is 0 Å². The lowest BCUT2D eigenvalue weighted by molar-refractivity contribution is -0.159. The van der Waals surface area contributed by atoms with Gasteiger partial charge in [0.2, 0.25) is 0 Å². The number of anilines is 1. The van der Waals surface area contributed by atoms with Gasteiger partial charge < -0.3 is 15.3 Å². The number of hydrogen-bond acceptors (Lipinski definition) is 5. The molecule has 166 valence electrons. The Morgan fingerprint density at radius 1 is 1.39 bits per heavy atom. The molecule has 3 amide bonds. The molecular formula is C19H20BrF2N5O4. The molecule has 0 saturated heterocycles. The van der Waals surface area contributed by atoms with Crippen LogP contribution in [0, 0.1) is 11.6 Å². The molecule has 2 aliphatic heterocycles. The van der Waals surface area contributed by atoms with Gasteiger partial charge in [-0.1, -0.05) is 0 Å². The molecule has 2 N–H and O–H groups in total. The highest BCUT2D eigenvalue weighted by Crippen LogP contribution is 2.30. The number of benzene rings is 1. The zero-order chi connectivity index (χ0) is 22.4. The van der Waals surface area contributed by atoms with Crippen molar-refractivity contribution in [2.45, 2.75) is 38.6 Å². The van der Waals surface area contributed by atoms with Crippen LogP contribution >= 0.6 is 15.9 Å². The molecule has 2 aliphatic rings. The number of aromatic nitrogens is 2. The van der Waals surface area contributed by atoms with Crippen molar-refractivity contribution in [3.8, 4) is 0 Å². The van der Waals surface area contributed by atoms with Crippen molar-refractivity contribution in [3.05, 3.63) is 45.2 Å². The minimum absolute atomic E-state index is 0.0206. The topological polar surface area (TPSA) is 99.9 Å². The van der Waals surface area contributed by atoms with E-state index >= 15 is 0 Å². The van der Waals surface area contributed by atoms with Crippen LogP contribution in [0.1, 0.15) is 28.7 Å². The van der Waals surface area contributed by atoms with Crippen LogP contribution in [0.25, 0.3) is 0 Å².